The topological polar surface area (TPSA) is 27.7 Å². The number of benzene rings is 2. The van der Waals surface area contributed by atoms with Crippen molar-refractivity contribution in [1.82, 2.24) is 0 Å². The minimum Gasteiger partial charge on any atom is -0.207 e. The van der Waals surface area contributed by atoms with Gasteiger partial charge in [-0.25, -0.2) is 4.39 Å². The average molecular weight is 263 g/mol. The largest absolute Gasteiger partial charge is 0.212 e. The van der Waals surface area contributed by atoms with Crippen LogP contribution in [0.25, 0.3) is 10.9 Å². The van der Waals surface area contributed by atoms with Crippen molar-refractivity contribution in [1.29, 1.82) is 5.26 Å². The maximum Gasteiger partial charge on any atom is 0.212 e. The van der Waals surface area contributed by atoms with Gasteiger partial charge in [-0.05, 0) is 36.4 Å². The number of pyridine rings is 1. The normalized spacial score (nSPS) is 10.4. The Morgan fingerprint density at radius 1 is 1.05 bits per heavy atom. The lowest BCUT2D eigenvalue weighted by molar-refractivity contribution is -0.662. The number of para-hydroxylation sites is 1. The molecule has 3 aromatic rings. The average Bonchev–Trinajstić information content (AvgIpc) is 2.49. The van der Waals surface area contributed by atoms with E-state index in [1.165, 1.54) is 12.1 Å². The van der Waals surface area contributed by atoms with Gasteiger partial charge in [-0.1, -0.05) is 12.1 Å². The number of hydrogen-bond acceptors (Lipinski definition) is 1. The number of nitrogens with zero attached hydrogens (tertiary/aromatic N) is 2. The molecule has 2 aromatic carbocycles. The first-order valence-electron chi connectivity index (χ1n) is 6.33. The van der Waals surface area contributed by atoms with Crippen LogP contribution in [0.15, 0.2) is 60.8 Å². The Morgan fingerprint density at radius 2 is 1.80 bits per heavy atom. The summed E-state index contributed by atoms with van der Waals surface area (Å²) in [6, 6.07) is 18.4. The van der Waals surface area contributed by atoms with Gasteiger partial charge in [-0.15, -0.1) is 0 Å². The summed E-state index contributed by atoms with van der Waals surface area (Å²) in [7, 11) is 0. The third-order valence-electron chi connectivity index (χ3n) is 3.25. The predicted molar refractivity (Wildman–Crippen MR) is 74.4 cm³/mol. The van der Waals surface area contributed by atoms with Crippen molar-refractivity contribution in [2.75, 3.05) is 0 Å². The van der Waals surface area contributed by atoms with E-state index in [0.29, 0.717) is 12.1 Å². The lowest BCUT2D eigenvalue weighted by Crippen LogP contribution is -2.35. The molecule has 0 aliphatic rings. The predicted octanol–water partition coefficient (Wildman–Crippen LogP) is 3.19. The standard InChI is InChI=1S/C17H12FN2/c18-16-7-5-13(6-8-16)11-20-12-14(10-19)9-15-3-1-2-4-17(15)20/h1-9,12H,11H2/q+1. The van der Waals surface area contributed by atoms with Gasteiger partial charge < -0.3 is 0 Å². The molecule has 2 nitrogen and oxygen atoms in total. The molecule has 3 rings (SSSR count). The fourth-order valence-corrected chi connectivity index (χ4v) is 2.29. The second kappa shape index (κ2) is 5.10. The molecule has 0 saturated heterocycles. The molecule has 0 amide bonds. The third-order valence-corrected chi connectivity index (χ3v) is 3.25. The highest BCUT2D eigenvalue weighted by molar-refractivity contribution is 5.76. The molecule has 3 heteroatoms. The van der Waals surface area contributed by atoms with Crippen molar-refractivity contribution in [3.8, 4) is 6.07 Å². The van der Waals surface area contributed by atoms with E-state index in [0.717, 1.165) is 16.5 Å². The van der Waals surface area contributed by atoms with Gasteiger partial charge in [0.05, 0.1) is 0 Å². The van der Waals surface area contributed by atoms with Crippen LogP contribution >= 0.6 is 0 Å². The van der Waals surface area contributed by atoms with E-state index in [-0.39, 0.29) is 5.82 Å². The number of fused-ring (bicyclic) bond motifs is 1. The third kappa shape index (κ3) is 2.36. The highest BCUT2D eigenvalue weighted by Gasteiger charge is 2.11. The van der Waals surface area contributed by atoms with Crippen LogP contribution in [0.3, 0.4) is 0 Å². The zero-order valence-corrected chi connectivity index (χ0v) is 10.8. The molecule has 0 saturated carbocycles. The molecule has 0 bridgehead atoms. The second-order valence-corrected chi connectivity index (χ2v) is 4.65. The number of rotatable bonds is 2. The van der Waals surface area contributed by atoms with Gasteiger partial charge >= 0.3 is 0 Å². The molecular weight excluding hydrogens is 251 g/mol. The molecule has 0 radical (unpaired) electrons. The van der Waals surface area contributed by atoms with Gasteiger partial charge in [-0.3, -0.25) is 0 Å². The monoisotopic (exact) mass is 263 g/mol. The van der Waals surface area contributed by atoms with Crippen LogP contribution in [0, 0.1) is 17.1 Å². The van der Waals surface area contributed by atoms with Crippen LogP contribution in [0.5, 0.6) is 0 Å². The summed E-state index contributed by atoms with van der Waals surface area (Å²) >= 11 is 0. The molecule has 0 spiro atoms. The van der Waals surface area contributed by atoms with Crippen molar-refractivity contribution in [3.05, 3.63) is 77.7 Å². The molecule has 0 fully saturated rings. The van der Waals surface area contributed by atoms with Crippen LogP contribution in [0.4, 0.5) is 4.39 Å². The molecule has 0 atom stereocenters. The molecule has 1 aromatic heterocycles. The second-order valence-electron chi connectivity index (χ2n) is 4.65. The van der Waals surface area contributed by atoms with Crippen molar-refractivity contribution in [2.45, 2.75) is 6.54 Å². The maximum absolute atomic E-state index is 12.9. The molecule has 0 aliphatic heterocycles. The first-order valence-corrected chi connectivity index (χ1v) is 6.33. The van der Waals surface area contributed by atoms with Crippen LogP contribution in [0.1, 0.15) is 11.1 Å². The highest BCUT2D eigenvalue weighted by Crippen LogP contribution is 2.12. The quantitative estimate of drug-likeness (QED) is 0.652. The number of nitriles is 1. The van der Waals surface area contributed by atoms with Crippen molar-refractivity contribution < 1.29 is 8.96 Å². The Balaban J connectivity index is 2.10. The Labute approximate surface area is 116 Å². The van der Waals surface area contributed by atoms with Crippen LogP contribution < -0.4 is 4.57 Å². The molecule has 1 heterocycles. The molecule has 0 unspecified atom stereocenters. The van der Waals surface area contributed by atoms with Crippen LogP contribution in [-0.4, -0.2) is 0 Å². The van der Waals surface area contributed by atoms with E-state index in [2.05, 4.69) is 6.07 Å². The van der Waals surface area contributed by atoms with E-state index >= 15 is 0 Å². The van der Waals surface area contributed by atoms with Crippen LogP contribution in [0.2, 0.25) is 0 Å². The molecule has 0 aliphatic carbocycles. The van der Waals surface area contributed by atoms with Gasteiger partial charge in [0.15, 0.2) is 12.7 Å². The fraction of sp³-hybridized carbons (Fsp3) is 0.0588. The Bertz CT molecular complexity index is 801. The molecule has 96 valence electrons. The first-order chi connectivity index (χ1) is 9.76. The zero-order valence-electron chi connectivity index (χ0n) is 10.8. The summed E-state index contributed by atoms with van der Waals surface area (Å²) < 4.78 is 15.0. The van der Waals surface area contributed by atoms with E-state index in [1.807, 2.05) is 41.1 Å². The summed E-state index contributed by atoms with van der Waals surface area (Å²) in [4.78, 5) is 0. The van der Waals surface area contributed by atoms with Crippen LogP contribution in [-0.2, 0) is 6.54 Å². The SMILES string of the molecule is N#Cc1cc2ccccc2[n+](Cc2ccc(F)cc2)c1. The van der Waals surface area contributed by atoms with E-state index in [4.69, 9.17) is 5.26 Å². The highest BCUT2D eigenvalue weighted by atomic mass is 19.1. The van der Waals surface area contributed by atoms with E-state index in [9.17, 15) is 4.39 Å². The van der Waals surface area contributed by atoms with E-state index < -0.39 is 0 Å². The maximum atomic E-state index is 12.9. The summed E-state index contributed by atoms with van der Waals surface area (Å²) in [6.45, 7) is 0.607. The minimum atomic E-state index is -0.241. The van der Waals surface area contributed by atoms with Crippen molar-refractivity contribution >= 4 is 10.9 Å². The molecule has 0 N–H and O–H groups in total. The summed E-state index contributed by atoms with van der Waals surface area (Å²) in [5, 5.41) is 10.1. The minimum absolute atomic E-state index is 0.241. The van der Waals surface area contributed by atoms with Crippen molar-refractivity contribution in [3.63, 3.8) is 0 Å². The van der Waals surface area contributed by atoms with Crippen molar-refractivity contribution in [2.24, 2.45) is 0 Å². The zero-order chi connectivity index (χ0) is 13.9. The van der Waals surface area contributed by atoms with Gasteiger partial charge in [0, 0.05) is 17.0 Å². The Hall–Kier alpha value is -2.73. The Morgan fingerprint density at radius 3 is 2.55 bits per heavy atom. The summed E-state index contributed by atoms with van der Waals surface area (Å²) in [5.74, 6) is -0.241. The lowest BCUT2D eigenvalue weighted by atomic mass is 10.1. The summed E-state index contributed by atoms with van der Waals surface area (Å²) in [6.07, 6.45) is 1.83. The lowest BCUT2D eigenvalue weighted by Gasteiger charge is -2.02. The number of halogens is 1. The van der Waals surface area contributed by atoms with Gasteiger partial charge in [0.2, 0.25) is 5.52 Å². The summed E-state index contributed by atoms with van der Waals surface area (Å²) in [5.41, 5.74) is 2.67. The van der Waals surface area contributed by atoms with E-state index in [1.54, 1.807) is 12.1 Å². The number of aromatic nitrogens is 1. The fourth-order valence-electron chi connectivity index (χ4n) is 2.29. The smallest absolute Gasteiger partial charge is 0.207 e. The van der Waals surface area contributed by atoms with Gasteiger partial charge in [-0.2, -0.15) is 9.83 Å². The number of hydrogen-bond donors (Lipinski definition) is 0. The molecular formula is C17H12FN2+. The van der Waals surface area contributed by atoms with Gasteiger partial charge in [0.25, 0.3) is 0 Å². The Kier molecular flexibility index (Phi) is 3.14. The molecule has 20 heavy (non-hydrogen) atoms. The first kappa shape index (κ1) is 12.3. The van der Waals surface area contributed by atoms with Gasteiger partial charge in [0.1, 0.15) is 17.4 Å².